The quantitative estimate of drug-likeness (QED) is 0.658. The normalized spacial score (nSPS) is 11.8. The molecule has 0 atom stereocenters. The Hall–Kier alpha value is -0.0800. The van der Waals surface area contributed by atoms with Crippen LogP contribution in [0.4, 0.5) is 4.39 Å². The molecule has 0 amide bonds. The Labute approximate surface area is 110 Å². The molecule has 0 aromatic heterocycles. The summed E-state index contributed by atoms with van der Waals surface area (Å²) in [5.41, 5.74) is 0.781. The minimum atomic E-state index is -0.147. The lowest BCUT2D eigenvalue weighted by molar-refractivity contribution is 0.298. The Balaban J connectivity index is 2.93. The van der Waals surface area contributed by atoms with E-state index < -0.39 is 0 Å². The van der Waals surface area contributed by atoms with Crippen molar-refractivity contribution in [3.63, 3.8) is 0 Å². The van der Waals surface area contributed by atoms with E-state index in [2.05, 4.69) is 29.8 Å². The fourth-order valence-electron chi connectivity index (χ4n) is 1.81. The molecular formula is C13H17BrClF. The highest BCUT2D eigenvalue weighted by molar-refractivity contribution is 9.10. The highest BCUT2D eigenvalue weighted by Gasteiger charge is 2.26. The first-order chi connectivity index (χ1) is 7.56. The molecule has 0 aliphatic carbocycles. The van der Waals surface area contributed by atoms with Gasteiger partial charge in [-0.25, -0.2) is 4.39 Å². The van der Waals surface area contributed by atoms with Crippen molar-refractivity contribution in [3.05, 3.63) is 34.1 Å². The molecule has 0 N–H and O–H groups in total. The van der Waals surface area contributed by atoms with Crippen LogP contribution in [0.25, 0.3) is 0 Å². The maximum absolute atomic E-state index is 13.7. The third kappa shape index (κ3) is 3.21. The molecular weight excluding hydrogens is 290 g/mol. The first-order valence-electron chi connectivity index (χ1n) is 5.57. The summed E-state index contributed by atoms with van der Waals surface area (Å²) < 4.78 is 14.5. The van der Waals surface area contributed by atoms with Crippen LogP contribution in [0.3, 0.4) is 0 Å². The number of hydrogen-bond donors (Lipinski definition) is 0. The summed E-state index contributed by atoms with van der Waals surface area (Å²) in [6.07, 6.45) is 2.66. The van der Waals surface area contributed by atoms with E-state index in [9.17, 15) is 4.39 Å². The SMILES string of the molecule is CCC(CC)(CCl)Cc1ccc(Br)cc1F. The van der Waals surface area contributed by atoms with Gasteiger partial charge in [-0.15, -0.1) is 11.6 Å². The fourth-order valence-corrected chi connectivity index (χ4v) is 2.61. The van der Waals surface area contributed by atoms with Gasteiger partial charge in [-0.05, 0) is 42.4 Å². The van der Waals surface area contributed by atoms with Crippen LogP contribution in [0.15, 0.2) is 22.7 Å². The summed E-state index contributed by atoms with van der Waals surface area (Å²) >= 11 is 9.29. The van der Waals surface area contributed by atoms with E-state index in [1.807, 2.05) is 12.1 Å². The monoisotopic (exact) mass is 306 g/mol. The van der Waals surface area contributed by atoms with Gasteiger partial charge in [0, 0.05) is 10.4 Å². The van der Waals surface area contributed by atoms with Crippen molar-refractivity contribution in [1.29, 1.82) is 0 Å². The second-order valence-corrected chi connectivity index (χ2v) is 5.44. The summed E-state index contributed by atoms with van der Waals surface area (Å²) in [5, 5.41) is 0. The van der Waals surface area contributed by atoms with E-state index in [1.165, 1.54) is 6.07 Å². The third-order valence-corrected chi connectivity index (χ3v) is 4.42. The number of alkyl halides is 1. The minimum Gasteiger partial charge on any atom is -0.207 e. The van der Waals surface area contributed by atoms with E-state index in [0.29, 0.717) is 12.3 Å². The predicted molar refractivity (Wildman–Crippen MR) is 71.5 cm³/mol. The fraction of sp³-hybridized carbons (Fsp3) is 0.538. The minimum absolute atomic E-state index is 0.0240. The first kappa shape index (κ1) is 14.0. The van der Waals surface area contributed by atoms with Crippen molar-refractivity contribution in [2.45, 2.75) is 33.1 Å². The molecule has 3 heteroatoms. The van der Waals surface area contributed by atoms with Crippen molar-refractivity contribution >= 4 is 27.5 Å². The lowest BCUT2D eigenvalue weighted by Crippen LogP contribution is -2.24. The second-order valence-electron chi connectivity index (χ2n) is 4.25. The van der Waals surface area contributed by atoms with Crippen LogP contribution < -0.4 is 0 Å². The molecule has 16 heavy (non-hydrogen) atoms. The van der Waals surface area contributed by atoms with Crippen LogP contribution in [0.1, 0.15) is 32.3 Å². The Morgan fingerprint density at radius 3 is 2.38 bits per heavy atom. The van der Waals surface area contributed by atoms with Gasteiger partial charge in [0.1, 0.15) is 5.82 Å². The van der Waals surface area contributed by atoms with E-state index in [4.69, 9.17) is 11.6 Å². The predicted octanol–water partition coefficient (Wildman–Crippen LogP) is 5.18. The molecule has 0 aliphatic heterocycles. The Morgan fingerprint density at radius 1 is 1.31 bits per heavy atom. The van der Waals surface area contributed by atoms with Crippen LogP contribution in [0.5, 0.6) is 0 Å². The molecule has 0 fully saturated rings. The van der Waals surface area contributed by atoms with E-state index in [1.54, 1.807) is 0 Å². The van der Waals surface area contributed by atoms with Gasteiger partial charge in [0.2, 0.25) is 0 Å². The molecule has 1 aromatic carbocycles. The standard InChI is InChI=1S/C13H17BrClF/c1-3-13(4-2,9-15)8-10-5-6-11(14)7-12(10)16/h5-7H,3-4,8-9H2,1-2H3. The van der Waals surface area contributed by atoms with Gasteiger partial charge in [-0.2, -0.15) is 0 Å². The molecule has 0 radical (unpaired) electrons. The highest BCUT2D eigenvalue weighted by Crippen LogP contribution is 2.33. The van der Waals surface area contributed by atoms with Gasteiger partial charge in [0.25, 0.3) is 0 Å². The lowest BCUT2D eigenvalue weighted by Gasteiger charge is -2.29. The molecule has 0 unspecified atom stereocenters. The maximum atomic E-state index is 13.7. The Bertz CT molecular complexity index is 340. The van der Waals surface area contributed by atoms with Crippen LogP contribution in [-0.4, -0.2) is 5.88 Å². The van der Waals surface area contributed by atoms with Crippen molar-refractivity contribution < 1.29 is 4.39 Å². The number of rotatable bonds is 5. The zero-order valence-electron chi connectivity index (χ0n) is 9.69. The van der Waals surface area contributed by atoms with Gasteiger partial charge >= 0.3 is 0 Å². The topological polar surface area (TPSA) is 0 Å². The zero-order valence-corrected chi connectivity index (χ0v) is 12.0. The molecule has 0 aliphatic rings. The van der Waals surface area contributed by atoms with Crippen molar-refractivity contribution in [2.75, 3.05) is 5.88 Å². The van der Waals surface area contributed by atoms with Gasteiger partial charge in [-0.1, -0.05) is 35.8 Å². The molecule has 0 saturated heterocycles. The van der Waals surface area contributed by atoms with Crippen molar-refractivity contribution in [2.24, 2.45) is 5.41 Å². The van der Waals surface area contributed by atoms with E-state index in [0.717, 1.165) is 22.9 Å². The summed E-state index contributed by atoms with van der Waals surface area (Å²) in [4.78, 5) is 0. The van der Waals surface area contributed by atoms with E-state index >= 15 is 0 Å². The number of halogens is 3. The molecule has 0 saturated carbocycles. The molecule has 0 heterocycles. The highest BCUT2D eigenvalue weighted by atomic mass is 79.9. The number of hydrogen-bond acceptors (Lipinski definition) is 0. The van der Waals surface area contributed by atoms with Gasteiger partial charge in [0.05, 0.1) is 0 Å². The molecule has 0 bridgehead atoms. The molecule has 0 spiro atoms. The van der Waals surface area contributed by atoms with Crippen LogP contribution in [0.2, 0.25) is 0 Å². The van der Waals surface area contributed by atoms with Crippen LogP contribution in [-0.2, 0) is 6.42 Å². The van der Waals surface area contributed by atoms with Gasteiger partial charge < -0.3 is 0 Å². The third-order valence-electron chi connectivity index (χ3n) is 3.36. The first-order valence-corrected chi connectivity index (χ1v) is 6.89. The average Bonchev–Trinajstić information content (AvgIpc) is 2.29. The maximum Gasteiger partial charge on any atom is 0.127 e. The molecule has 1 aromatic rings. The van der Waals surface area contributed by atoms with Crippen LogP contribution in [0, 0.1) is 11.2 Å². The van der Waals surface area contributed by atoms with E-state index in [-0.39, 0.29) is 11.2 Å². The van der Waals surface area contributed by atoms with Crippen LogP contribution >= 0.6 is 27.5 Å². The summed E-state index contributed by atoms with van der Waals surface area (Å²) in [7, 11) is 0. The Kier molecular flexibility index (Phi) is 5.26. The van der Waals surface area contributed by atoms with Crippen molar-refractivity contribution in [3.8, 4) is 0 Å². The molecule has 90 valence electrons. The summed E-state index contributed by atoms with van der Waals surface area (Å²) in [5.74, 6) is 0.431. The van der Waals surface area contributed by atoms with Gasteiger partial charge in [0.15, 0.2) is 0 Å². The molecule has 1 rings (SSSR count). The average molecular weight is 308 g/mol. The number of benzene rings is 1. The second kappa shape index (κ2) is 6.02. The zero-order chi connectivity index (χ0) is 12.2. The largest absolute Gasteiger partial charge is 0.207 e. The lowest BCUT2D eigenvalue weighted by atomic mass is 9.78. The molecule has 0 nitrogen and oxygen atoms in total. The van der Waals surface area contributed by atoms with Gasteiger partial charge in [-0.3, -0.25) is 0 Å². The Morgan fingerprint density at radius 2 is 1.94 bits per heavy atom. The van der Waals surface area contributed by atoms with Crippen molar-refractivity contribution in [1.82, 2.24) is 0 Å². The summed E-state index contributed by atoms with van der Waals surface area (Å²) in [6, 6.07) is 5.23. The smallest absolute Gasteiger partial charge is 0.127 e. The summed E-state index contributed by atoms with van der Waals surface area (Å²) in [6.45, 7) is 4.23.